The molecule has 1 heterocycles. The van der Waals surface area contributed by atoms with Gasteiger partial charge in [-0.05, 0) is 55.5 Å². The normalized spacial score (nSPS) is 13.1. The van der Waals surface area contributed by atoms with Crippen LogP contribution in [0.4, 0.5) is 15.5 Å². The summed E-state index contributed by atoms with van der Waals surface area (Å²) in [5.41, 5.74) is 2.38. The summed E-state index contributed by atoms with van der Waals surface area (Å²) < 4.78 is 0. The topological polar surface area (TPSA) is 64.9 Å². The van der Waals surface area contributed by atoms with Crippen LogP contribution in [-0.2, 0) is 12.8 Å². The minimum Gasteiger partial charge on any atom is -0.308 e. The van der Waals surface area contributed by atoms with Gasteiger partial charge in [0.15, 0.2) is 0 Å². The van der Waals surface area contributed by atoms with Crippen molar-refractivity contribution in [2.24, 2.45) is 0 Å². The number of amides is 2. The number of carbonyl (C=O) groups is 1. The Balaban J connectivity index is 1.75. The van der Waals surface area contributed by atoms with Gasteiger partial charge in [0, 0.05) is 15.6 Å². The van der Waals surface area contributed by atoms with Crippen molar-refractivity contribution in [3.05, 3.63) is 45.3 Å². The number of nitrogens with one attached hydrogen (secondary N) is 2. The summed E-state index contributed by atoms with van der Waals surface area (Å²) in [6.45, 7) is 0. The molecule has 0 radical (unpaired) electrons. The molecule has 1 aromatic carbocycles. The lowest BCUT2D eigenvalue weighted by atomic mass is 9.96. The molecule has 0 fully saturated rings. The maximum atomic E-state index is 12.1. The minimum atomic E-state index is -0.350. The van der Waals surface area contributed by atoms with Crippen LogP contribution in [0.5, 0.6) is 0 Å². The van der Waals surface area contributed by atoms with Gasteiger partial charge in [-0.15, -0.1) is 11.3 Å². The molecule has 0 atom stereocenters. The summed E-state index contributed by atoms with van der Waals surface area (Å²) in [5, 5.41) is 16.2. The van der Waals surface area contributed by atoms with E-state index in [4.69, 9.17) is 11.6 Å². The maximum absolute atomic E-state index is 12.1. The van der Waals surface area contributed by atoms with Crippen LogP contribution in [0.2, 0.25) is 5.02 Å². The van der Waals surface area contributed by atoms with Crippen molar-refractivity contribution >= 4 is 39.7 Å². The Morgan fingerprint density at radius 1 is 1.18 bits per heavy atom. The third-order valence-electron chi connectivity index (χ3n) is 3.61. The van der Waals surface area contributed by atoms with Gasteiger partial charge in [0.1, 0.15) is 11.1 Å². The standard InChI is InChI=1S/C16H14ClN3OS/c17-10-5-7-11(8-6-10)19-16(21)20-15-13(9-18)12-3-1-2-4-14(12)22-15/h5-8H,1-4H2,(H2,19,20,21). The second-order valence-corrected chi connectivity index (χ2v) is 6.65. The first-order chi connectivity index (χ1) is 10.7. The van der Waals surface area contributed by atoms with Crippen LogP contribution < -0.4 is 10.6 Å². The predicted octanol–water partition coefficient (Wildman–Crippen LogP) is 4.80. The molecule has 6 heteroatoms. The fraction of sp³-hybridized carbons (Fsp3) is 0.250. The molecule has 2 N–H and O–H groups in total. The molecule has 3 rings (SSSR count). The fourth-order valence-corrected chi connectivity index (χ4v) is 3.93. The molecule has 1 aromatic heterocycles. The fourth-order valence-electron chi connectivity index (χ4n) is 2.57. The number of rotatable bonds is 2. The van der Waals surface area contributed by atoms with Gasteiger partial charge in [-0.3, -0.25) is 5.32 Å². The molecule has 22 heavy (non-hydrogen) atoms. The summed E-state index contributed by atoms with van der Waals surface area (Å²) >= 11 is 7.33. The smallest absolute Gasteiger partial charge is 0.308 e. The zero-order valence-electron chi connectivity index (χ0n) is 11.8. The molecule has 0 spiro atoms. The monoisotopic (exact) mass is 331 g/mol. The molecule has 0 bridgehead atoms. The van der Waals surface area contributed by atoms with Crippen molar-refractivity contribution in [1.29, 1.82) is 5.26 Å². The first-order valence-corrected chi connectivity index (χ1v) is 8.25. The molecular formula is C16H14ClN3OS. The van der Waals surface area contributed by atoms with E-state index in [1.807, 2.05) is 0 Å². The van der Waals surface area contributed by atoms with Crippen LogP contribution >= 0.6 is 22.9 Å². The Kier molecular flexibility index (Phi) is 4.32. The van der Waals surface area contributed by atoms with Crippen LogP contribution in [0.15, 0.2) is 24.3 Å². The van der Waals surface area contributed by atoms with E-state index in [9.17, 15) is 10.1 Å². The zero-order valence-corrected chi connectivity index (χ0v) is 13.4. The van der Waals surface area contributed by atoms with E-state index in [1.165, 1.54) is 16.2 Å². The summed E-state index contributed by atoms with van der Waals surface area (Å²) in [6.07, 6.45) is 4.17. The zero-order chi connectivity index (χ0) is 15.5. The van der Waals surface area contributed by atoms with Gasteiger partial charge in [-0.2, -0.15) is 5.26 Å². The third-order valence-corrected chi connectivity index (χ3v) is 5.07. The van der Waals surface area contributed by atoms with Crippen molar-refractivity contribution in [2.45, 2.75) is 25.7 Å². The number of aryl methyl sites for hydroxylation is 1. The van der Waals surface area contributed by atoms with Gasteiger partial charge in [0.05, 0.1) is 5.56 Å². The molecule has 0 unspecified atom stereocenters. The number of urea groups is 1. The number of fused-ring (bicyclic) bond motifs is 1. The lowest BCUT2D eigenvalue weighted by Gasteiger charge is -2.09. The minimum absolute atomic E-state index is 0.350. The van der Waals surface area contributed by atoms with Crippen molar-refractivity contribution in [3.63, 3.8) is 0 Å². The molecule has 2 aromatic rings. The van der Waals surface area contributed by atoms with Gasteiger partial charge < -0.3 is 5.32 Å². The number of hydrogen-bond acceptors (Lipinski definition) is 3. The summed E-state index contributed by atoms with van der Waals surface area (Å²) in [5.74, 6) is 0. The lowest BCUT2D eigenvalue weighted by molar-refractivity contribution is 0.262. The Labute approximate surface area is 137 Å². The number of carbonyl (C=O) groups excluding carboxylic acids is 1. The number of anilines is 2. The van der Waals surface area contributed by atoms with E-state index >= 15 is 0 Å². The highest BCUT2D eigenvalue weighted by Gasteiger charge is 2.21. The lowest BCUT2D eigenvalue weighted by Crippen LogP contribution is -2.19. The van der Waals surface area contributed by atoms with Crippen LogP contribution in [-0.4, -0.2) is 6.03 Å². The van der Waals surface area contributed by atoms with E-state index in [1.54, 1.807) is 24.3 Å². The second-order valence-electron chi connectivity index (χ2n) is 5.11. The van der Waals surface area contributed by atoms with Crippen molar-refractivity contribution in [1.82, 2.24) is 0 Å². The van der Waals surface area contributed by atoms with Crippen LogP contribution in [0, 0.1) is 11.3 Å². The second kappa shape index (κ2) is 6.39. The number of halogens is 1. The molecule has 1 aliphatic rings. The Morgan fingerprint density at radius 3 is 2.64 bits per heavy atom. The average Bonchev–Trinajstić information content (AvgIpc) is 2.86. The number of nitriles is 1. The van der Waals surface area contributed by atoms with Crippen molar-refractivity contribution < 1.29 is 4.79 Å². The first kappa shape index (κ1) is 14.9. The highest BCUT2D eigenvalue weighted by atomic mass is 35.5. The Bertz CT molecular complexity index is 746. The number of hydrogen-bond donors (Lipinski definition) is 2. The van der Waals surface area contributed by atoms with E-state index in [2.05, 4.69) is 16.7 Å². The van der Waals surface area contributed by atoms with E-state index in [0.717, 1.165) is 31.2 Å². The maximum Gasteiger partial charge on any atom is 0.324 e. The predicted molar refractivity (Wildman–Crippen MR) is 89.8 cm³/mol. The quantitative estimate of drug-likeness (QED) is 0.830. The molecular weight excluding hydrogens is 318 g/mol. The van der Waals surface area contributed by atoms with Crippen molar-refractivity contribution in [2.75, 3.05) is 10.6 Å². The van der Waals surface area contributed by atoms with Crippen LogP contribution in [0.1, 0.15) is 28.8 Å². The summed E-state index contributed by atoms with van der Waals surface area (Å²) in [4.78, 5) is 13.3. The molecule has 0 saturated carbocycles. The highest BCUT2D eigenvalue weighted by Crippen LogP contribution is 2.37. The van der Waals surface area contributed by atoms with E-state index in [-0.39, 0.29) is 6.03 Å². The van der Waals surface area contributed by atoms with Gasteiger partial charge in [-0.25, -0.2) is 4.79 Å². The molecule has 0 aliphatic heterocycles. The van der Waals surface area contributed by atoms with Crippen LogP contribution in [0.3, 0.4) is 0 Å². The third kappa shape index (κ3) is 3.08. The number of benzene rings is 1. The summed E-state index contributed by atoms with van der Waals surface area (Å²) in [7, 11) is 0. The Hall–Kier alpha value is -2.03. The first-order valence-electron chi connectivity index (χ1n) is 7.05. The number of thiophene rings is 1. The Morgan fingerprint density at radius 2 is 1.91 bits per heavy atom. The molecule has 112 valence electrons. The highest BCUT2D eigenvalue weighted by molar-refractivity contribution is 7.16. The molecule has 0 saturated heterocycles. The number of nitrogens with zero attached hydrogens (tertiary/aromatic N) is 1. The van der Waals surface area contributed by atoms with Gasteiger partial charge in [0.25, 0.3) is 0 Å². The molecule has 1 aliphatic carbocycles. The SMILES string of the molecule is N#Cc1c(NC(=O)Nc2ccc(Cl)cc2)sc2c1CCCC2. The largest absolute Gasteiger partial charge is 0.324 e. The molecule has 2 amide bonds. The van der Waals surface area contributed by atoms with Gasteiger partial charge in [0.2, 0.25) is 0 Å². The van der Waals surface area contributed by atoms with E-state index in [0.29, 0.717) is 21.3 Å². The molecule has 4 nitrogen and oxygen atoms in total. The van der Waals surface area contributed by atoms with Gasteiger partial charge in [-0.1, -0.05) is 11.6 Å². The summed E-state index contributed by atoms with van der Waals surface area (Å²) in [6, 6.07) is 8.76. The van der Waals surface area contributed by atoms with Gasteiger partial charge >= 0.3 is 6.03 Å². The van der Waals surface area contributed by atoms with Crippen LogP contribution in [0.25, 0.3) is 0 Å². The van der Waals surface area contributed by atoms with Crippen molar-refractivity contribution in [3.8, 4) is 6.07 Å². The average molecular weight is 332 g/mol. The van der Waals surface area contributed by atoms with E-state index < -0.39 is 0 Å².